The van der Waals surface area contributed by atoms with Crippen molar-refractivity contribution >= 4 is 0 Å². The maximum atomic E-state index is 12.4. The molecule has 0 atom stereocenters. The summed E-state index contributed by atoms with van der Waals surface area (Å²) in [5, 5.41) is 6.49. The molecule has 0 bridgehead atoms. The molecule has 4 rings (SSSR count). The predicted octanol–water partition coefficient (Wildman–Crippen LogP) is 1.88. The first-order valence-corrected chi connectivity index (χ1v) is 8.59. The second-order valence-corrected chi connectivity index (χ2v) is 6.83. The molecule has 0 radical (unpaired) electrons. The van der Waals surface area contributed by atoms with Gasteiger partial charge in [0.2, 0.25) is 0 Å². The van der Waals surface area contributed by atoms with E-state index >= 15 is 0 Å². The SMILES string of the molecule is O=c1[nH]n(-c2ccccc2)cc1CN1CCNCC12CCCC2. The highest BCUT2D eigenvalue weighted by Crippen LogP contribution is 2.36. The molecule has 0 unspecified atom stereocenters. The number of rotatable bonds is 3. The quantitative estimate of drug-likeness (QED) is 0.910. The minimum Gasteiger partial charge on any atom is -0.314 e. The topological polar surface area (TPSA) is 53.1 Å². The van der Waals surface area contributed by atoms with Crippen molar-refractivity contribution in [3.8, 4) is 5.69 Å². The number of hydrogen-bond acceptors (Lipinski definition) is 3. The highest BCUT2D eigenvalue weighted by Gasteiger charge is 2.41. The Hall–Kier alpha value is -1.85. The van der Waals surface area contributed by atoms with Gasteiger partial charge in [-0.1, -0.05) is 31.0 Å². The van der Waals surface area contributed by atoms with Crippen molar-refractivity contribution in [2.24, 2.45) is 0 Å². The zero-order valence-electron chi connectivity index (χ0n) is 13.4. The Bertz CT molecular complexity index is 712. The van der Waals surface area contributed by atoms with E-state index in [1.54, 1.807) is 0 Å². The smallest absolute Gasteiger partial charge is 0.268 e. The Morgan fingerprint density at radius 3 is 2.70 bits per heavy atom. The van der Waals surface area contributed by atoms with Crippen LogP contribution in [0.1, 0.15) is 31.2 Å². The number of aromatic amines is 1. The summed E-state index contributed by atoms with van der Waals surface area (Å²) in [5.41, 5.74) is 2.15. The lowest BCUT2D eigenvalue weighted by Gasteiger charge is -2.45. The van der Waals surface area contributed by atoms with Gasteiger partial charge in [-0.2, -0.15) is 0 Å². The summed E-state index contributed by atoms with van der Waals surface area (Å²) in [7, 11) is 0. The summed E-state index contributed by atoms with van der Waals surface area (Å²) < 4.78 is 1.83. The third-order valence-corrected chi connectivity index (χ3v) is 5.41. The fraction of sp³-hybridized carbons (Fsp3) is 0.500. The zero-order chi connectivity index (χ0) is 15.7. The van der Waals surface area contributed by atoms with Crippen LogP contribution in [0.2, 0.25) is 0 Å². The summed E-state index contributed by atoms with van der Waals surface area (Å²) in [5.74, 6) is 0. The lowest BCUT2D eigenvalue weighted by Crippen LogP contribution is -2.59. The number of hydrogen-bond donors (Lipinski definition) is 2. The van der Waals surface area contributed by atoms with E-state index in [1.807, 2.05) is 41.2 Å². The van der Waals surface area contributed by atoms with Crippen LogP contribution in [-0.2, 0) is 6.54 Å². The van der Waals surface area contributed by atoms with Crippen molar-refractivity contribution in [1.29, 1.82) is 0 Å². The van der Waals surface area contributed by atoms with Crippen LogP contribution in [0.5, 0.6) is 0 Å². The predicted molar refractivity (Wildman–Crippen MR) is 90.9 cm³/mol. The van der Waals surface area contributed by atoms with Crippen LogP contribution in [0.4, 0.5) is 0 Å². The average Bonchev–Trinajstić information content (AvgIpc) is 3.19. The molecule has 2 heterocycles. The first-order valence-electron chi connectivity index (χ1n) is 8.59. The summed E-state index contributed by atoms with van der Waals surface area (Å²) in [6.07, 6.45) is 7.07. The molecule has 2 fully saturated rings. The number of para-hydroxylation sites is 1. The largest absolute Gasteiger partial charge is 0.314 e. The second-order valence-electron chi connectivity index (χ2n) is 6.83. The Morgan fingerprint density at radius 2 is 1.91 bits per heavy atom. The van der Waals surface area contributed by atoms with Gasteiger partial charge in [-0.15, -0.1) is 0 Å². The standard InChI is InChI=1S/C18H24N4O/c23-17-15(13-22(20-17)16-6-2-1-3-7-16)12-21-11-10-19-14-18(21)8-4-5-9-18/h1-3,6-7,13,19H,4-5,8-12,14H2,(H,20,23). The molecule has 1 aliphatic heterocycles. The first kappa shape index (κ1) is 14.7. The first-order chi connectivity index (χ1) is 11.3. The number of aromatic nitrogens is 2. The Kier molecular flexibility index (Phi) is 3.83. The van der Waals surface area contributed by atoms with Crippen molar-refractivity contribution in [3.05, 3.63) is 52.4 Å². The van der Waals surface area contributed by atoms with Crippen molar-refractivity contribution in [2.75, 3.05) is 19.6 Å². The second kappa shape index (κ2) is 5.98. The monoisotopic (exact) mass is 312 g/mol. The van der Waals surface area contributed by atoms with Gasteiger partial charge in [-0.25, -0.2) is 0 Å². The van der Waals surface area contributed by atoms with Crippen LogP contribution in [-0.4, -0.2) is 39.9 Å². The van der Waals surface area contributed by atoms with Gasteiger partial charge in [0.1, 0.15) is 0 Å². The number of benzene rings is 1. The molecule has 1 saturated carbocycles. The van der Waals surface area contributed by atoms with Gasteiger partial charge >= 0.3 is 0 Å². The maximum absolute atomic E-state index is 12.4. The van der Waals surface area contributed by atoms with Crippen molar-refractivity contribution in [2.45, 2.75) is 37.8 Å². The zero-order valence-corrected chi connectivity index (χ0v) is 13.4. The number of piperazine rings is 1. The molecule has 1 aromatic carbocycles. The maximum Gasteiger partial charge on any atom is 0.268 e. The normalized spacial score (nSPS) is 21.0. The van der Waals surface area contributed by atoms with E-state index in [0.29, 0.717) is 0 Å². The van der Waals surface area contributed by atoms with Gasteiger partial charge in [-0.3, -0.25) is 19.5 Å². The van der Waals surface area contributed by atoms with Gasteiger partial charge in [0.15, 0.2) is 0 Å². The molecular weight excluding hydrogens is 288 g/mol. The Labute approximate surface area is 136 Å². The van der Waals surface area contributed by atoms with Crippen molar-refractivity contribution < 1.29 is 0 Å². The summed E-state index contributed by atoms with van der Waals surface area (Å²) >= 11 is 0. The molecule has 1 spiro atoms. The van der Waals surface area contributed by atoms with E-state index in [4.69, 9.17) is 0 Å². The number of nitrogens with zero attached hydrogens (tertiary/aromatic N) is 2. The Morgan fingerprint density at radius 1 is 1.13 bits per heavy atom. The molecule has 122 valence electrons. The van der Waals surface area contributed by atoms with Gasteiger partial charge in [0.25, 0.3) is 5.56 Å². The van der Waals surface area contributed by atoms with Crippen LogP contribution in [0.25, 0.3) is 5.69 Å². The van der Waals surface area contributed by atoms with E-state index in [9.17, 15) is 4.79 Å². The van der Waals surface area contributed by atoms with Gasteiger partial charge in [-0.05, 0) is 25.0 Å². The third-order valence-electron chi connectivity index (χ3n) is 5.41. The number of H-pyrrole nitrogens is 1. The van der Waals surface area contributed by atoms with E-state index in [2.05, 4.69) is 15.3 Å². The van der Waals surface area contributed by atoms with E-state index in [-0.39, 0.29) is 11.1 Å². The molecule has 1 aliphatic carbocycles. The molecule has 23 heavy (non-hydrogen) atoms. The molecular formula is C18H24N4O. The molecule has 0 amide bonds. The van der Waals surface area contributed by atoms with Gasteiger partial charge in [0, 0.05) is 37.9 Å². The van der Waals surface area contributed by atoms with E-state index in [1.165, 1.54) is 25.7 Å². The van der Waals surface area contributed by atoms with Crippen molar-refractivity contribution in [1.82, 2.24) is 20.0 Å². The number of nitrogens with one attached hydrogen (secondary N) is 2. The van der Waals surface area contributed by atoms with Crippen LogP contribution in [0, 0.1) is 0 Å². The molecule has 1 saturated heterocycles. The fourth-order valence-electron chi connectivity index (χ4n) is 4.13. The lowest BCUT2D eigenvalue weighted by molar-refractivity contribution is 0.0570. The lowest BCUT2D eigenvalue weighted by atomic mass is 9.92. The minimum atomic E-state index is 0.0283. The van der Waals surface area contributed by atoms with Gasteiger partial charge in [0.05, 0.1) is 11.3 Å². The summed E-state index contributed by atoms with van der Waals surface area (Å²) in [4.78, 5) is 14.9. The molecule has 2 N–H and O–H groups in total. The summed E-state index contributed by atoms with van der Waals surface area (Å²) in [6, 6.07) is 9.96. The molecule has 5 nitrogen and oxygen atoms in total. The van der Waals surface area contributed by atoms with Gasteiger partial charge < -0.3 is 5.32 Å². The highest BCUT2D eigenvalue weighted by molar-refractivity contribution is 5.31. The van der Waals surface area contributed by atoms with Crippen LogP contribution < -0.4 is 10.9 Å². The molecule has 1 aromatic heterocycles. The minimum absolute atomic E-state index is 0.0283. The van der Waals surface area contributed by atoms with Crippen molar-refractivity contribution in [3.63, 3.8) is 0 Å². The van der Waals surface area contributed by atoms with Crippen LogP contribution >= 0.6 is 0 Å². The van der Waals surface area contributed by atoms with E-state index < -0.39 is 0 Å². The summed E-state index contributed by atoms with van der Waals surface area (Å²) in [6.45, 7) is 3.84. The van der Waals surface area contributed by atoms with Crippen LogP contribution in [0.3, 0.4) is 0 Å². The molecule has 2 aliphatic rings. The third kappa shape index (κ3) is 2.75. The Balaban J connectivity index is 1.59. The molecule has 5 heteroatoms. The highest BCUT2D eigenvalue weighted by atomic mass is 16.1. The fourth-order valence-corrected chi connectivity index (χ4v) is 4.13. The molecule has 2 aromatic rings. The average molecular weight is 312 g/mol. The van der Waals surface area contributed by atoms with Crippen LogP contribution in [0.15, 0.2) is 41.3 Å². The van der Waals surface area contributed by atoms with E-state index in [0.717, 1.165) is 37.4 Å².